The summed E-state index contributed by atoms with van der Waals surface area (Å²) in [5, 5.41) is 10.6. The number of esters is 4. The van der Waals surface area contributed by atoms with Gasteiger partial charge in [-0.25, -0.2) is 9.13 Å². The summed E-state index contributed by atoms with van der Waals surface area (Å²) < 4.78 is 68.5. The van der Waals surface area contributed by atoms with Gasteiger partial charge in [0.2, 0.25) is 0 Å². The molecule has 582 valence electrons. The third-order valence-corrected chi connectivity index (χ3v) is 17.7. The highest BCUT2D eigenvalue weighted by Gasteiger charge is 2.30. The van der Waals surface area contributed by atoms with Gasteiger partial charge in [-0.1, -0.05) is 263 Å². The molecule has 0 aromatic carbocycles. The van der Waals surface area contributed by atoms with Crippen molar-refractivity contribution < 1.29 is 80.2 Å². The summed E-state index contributed by atoms with van der Waals surface area (Å²) in [6, 6.07) is 0. The molecule has 0 fully saturated rings. The Morgan fingerprint density at radius 1 is 0.284 bits per heavy atom. The molecule has 19 heteroatoms. The number of carbonyl (C=O) groups is 4. The molecule has 0 amide bonds. The van der Waals surface area contributed by atoms with Gasteiger partial charge in [-0.3, -0.25) is 37.3 Å². The number of ether oxygens (including phenoxy) is 4. The van der Waals surface area contributed by atoms with E-state index in [0.717, 1.165) is 205 Å². The zero-order valence-corrected chi connectivity index (χ0v) is 65.3. The Balaban J connectivity index is 5.40. The number of hydrogen-bond acceptors (Lipinski definition) is 15. The monoisotopic (exact) mass is 1470 g/mol. The van der Waals surface area contributed by atoms with Crippen LogP contribution in [0.5, 0.6) is 0 Å². The van der Waals surface area contributed by atoms with E-state index in [1.807, 2.05) is 0 Å². The summed E-state index contributed by atoms with van der Waals surface area (Å²) in [6.45, 7) is 4.42. The number of allylic oxidation sites excluding steroid dienone is 24. The Labute approximate surface area is 617 Å². The number of carbonyl (C=O) groups excluding carboxylic acids is 4. The number of aliphatic hydroxyl groups excluding tert-OH is 1. The first-order valence-corrected chi connectivity index (χ1v) is 42.1. The van der Waals surface area contributed by atoms with Crippen LogP contribution in [-0.4, -0.2) is 96.7 Å². The fourth-order valence-electron chi connectivity index (χ4n) is 9.90. The van der Waals surface area contributed by atoms with E-state index in [1.165, 1.54) is 12.8 Å². The maximum atomic E-state index is 13.1. The lowest BCUT2D eigenvalue weighted by Gasteiger charge is -2.21. The van der Waals surface area contributed by atoms with Gasteiger partial charge < -0.3 is 33.8 Å². The van der Waals surface area contributed by atoms with Crippen LogP contribution >= 0.6 is 15.6 Å². The Bertz CT molecular complexity index is 2510. The highest BCUT2D eigenvalue weighted by Crippen LogP contribution is 2.45. The number of hydrogen-bond donors (Lipinski definition) is 3. The molecule has 0 rings (SSSR count). The Hall–Kier alpha value is -5.06. The maximum Gasteiger partial charge on any atom is 0.472 e. The van der Waals surface area contributed by atoms with Crippen LogP contribution in [0.1, 0.15) is 297 Å². The second-order valence-corrected chi connectivity index (χ2v) is 28.4. The van der Waals surface area contributed by atoms with Crippen LogP contribution in [-0.2, 0) is 65.4 Å². The molecule has 0 saturated heterocycles. The van der Waals surface area contributed by atoms with Crippen LogP contribution in [0.4, 0.5) is 0 Å². The average molecular weight is 1470 g/mol. The zero-order chi connectivity index (χ0) is 74.6. The number of aliphatic hydroxyl groups is 1. The molecule has 17 nitrogen and oxygen atoms in total. The van der Waals surface area contributed by atoms with Crippen molar-refractivity contribution in [1.29, 1.82) is 0 Å². The van der Waals surface area contributed by atoms with Crippen molar-refractivity contribution in [2.45, 2.75) is 316 Å². The predicted octanol–water partition coefficient (Wildman–Crippen LogP) is 22.7. The molecular formula is C83H138O17P2. The van der Waals surface area contributed by atoms with Crippen molar-refractivity contribution in [3.8, 4) is 0 Å². The van der Waals surface area contributed by atoms with Gasteiger partial charge in [0.25, 0.3) is 0 Å². The van der Waals surface area contributed by atoms with E-state index >= 15 is 0 Å². The molecule has 0 aliphatic heterocycles. The van der Waals surface area contributed by atoms with Crippen molar-refractivity contribution >= 4 is 39.5 Å². The first kappa shape index (κ1) is 96.9. The van der Waals surface area contributed by atoms with E-state index in [-0.39, 0.29) is 25.7 Å². The molecule has 3 N–H and O–H groups in total. The van der Waals surface area contributed by atoms with Gasteiger partial charge in [-0.05, 0) is 154 Å². The Kier molecular flexibility index (Phi) is 70.5. The van der Waals surface area contributed by atoms with Gasteiger partial charge in [0.05, 0.1) is 26.4 Å². The Morgan fingerprint density at radius 2 is 0.510 bits per heavy atom. The number of phosphoric acid groups is 2. The molecule has 0 saturated carbocycles. The first-order chi connectivity index (χ1) is 49.7. The fraction of sp³-hybridized carbons (Fsp3) is 0.663. The van der Waals surface area contributed by atoms with Crippen LogP contribution in [0.2, 0.25) is 0 Å². The van der Waals surface area contributed by atoms with Gasteiger partial charge in [-0.2, -0.15) is 0 Å². The van der Waals surface area contributed by atoms with Crippen LogP contribution in [0.25, 0.3) is 0 Å². The van der Waals surface area contributed by atoms with Crippen molar-refractivity contribution in [2.75, 3.05) is 39.6 Å². The topological polar surface area (TPSA) is 237 Å². The van der Waals surface area contributed by atoms with Crippen LogP contribution < -0.4 is 0 Å². The summed E-state index contributed by atoms with van der Waals surface area (Å²) >= 11 is 0. The zero-order valence-electron chi connectivity index (χ0n) is 63.5. The molecule has 0 aliphatic rings. The first-order valence-electron chi connectivity index (χ1n) is 39.1. The van der Waals surface area contributed by atoms with E-state index in [9.17, 15) is 43.2 Å². The Morgan fingerprint density at radius 3 is 0.804 bits per heavy atom. The van der Waals surface area contributed by atoms with E-state index in [2.05, 4.69) is 174 Å². The maximum absolute atomic E-state index is 13.1. The molecule has 0 heterocycles. The highest BCUT2D eigenvalue weighted by atomic mass is 31.2. The number of rotatable bonds is 72. The van der Waals surface area contributed by atoms with Gasteiger partial charge >= 0.3 is 39.5 Å². The molecule has 0 aromatic rings. The summed E-state index contributed by atoms with van der Waals surface area (Å²) in [6.07, 6.45) is 84.1. The molecule has 102 heavy (non-hydrogen) atoms. The molecule has 0 spiro atoms. The highest BCUT2D eigenvalue weighted by molar-refractivity contribution is 7.47. The second-order valence-electron chi connectivity index (χ2n) is 25.5. The second kappa shape index (κ2) is 74.2. The lowest BCUT2D eigenvalue weighted by Crippen LogP contribution is -2.30. The quantitative estimate of drug-likeness (QED) is 0.0169. The van der Waals surface area contributed by atoms with E-state index in [0.29, 0.717) is 25.7 Å². The lowest BCUT2D eigenvalue weighted by atomic mass is 10.1. The molecular weight excluding hydrogens is 1330 g/mol. The van der Waals surface area contributed by atoms with Crippen LogP contribution in [0.3, 0.4) is 0 Å². The summed E-state index contributed by atoms with van der Waals surface area (Å²) in [7, 11) is -9.98. The third kappa shape index (κ3) is 73.3. The summed E-state index contributed by atoms with van der Waals surface area (Å²) in [5.41, 5.74) is 0. The molecule has 0 bridgehead atoms. The van der Waals surface area contributed by atoms with Gasteiger partial charge in [-0.15, -0.1) is 0 Å². The van der Waals surface area contributed by atoms with E-state index in [1.54, 1.807) is 0 Å². The van der Waals surface area contributed by atoms with E-state index < -0.39 is 97.5 Å². The van der Waals surface area contributed by atoms with Gasteiger partial charge in [0.15, 0.2) is 12.2 Å². The smallest absolute Gasteiger partial charge is 0.462 e. The molecule has 0 radical (unpaired) electrons. The molecule has 0 aromatic heterocycles. The number of unbranched alkanes of at least 4 members (excludes halogenated alkanes) is 22. The third-order valence-electron chi connectivity index (χ3n) is 15.8. The normalized spacial score (nSPS) is 14.7. The minimum absolute atomic E-state index is 0.0714. The van der Waals surface area contributed by atoms with Gasteiger partial charge in [0, 0.05) is 25.7 Å². The van der Waals surface area contributed by atoms with Crippen molar-refractivity contribution in [3.63, 3.8) is 0 Å². The van der Waals surface area contributed by atoms with Crippen LogP contribution in [0, 0.1) is 0 Å². The lowest BCUT2D eigenvalue weighted by molar-refractivity contribution is -0.161. The van der Waals surface area contributed by atoms with Crippen molar-refractivity contribution in [1.82, 2.24) is 0 Å². The minimum Gasteiger partial charge on any atom is -0.462 e. The van der Waals surface area contributed by atoms with Crippen molar-refractivity contribution in [3.05, 3.63) is 146 Å². The SMILES string of the molecule is CC/C=C\C/C=C\C/C=C\C/C=C\C/C=C\CCCCCC(=O)OCC(COP(=O)(O)OCC(O)COP(=O)(O)OCC(COC(=O)CCCCCCC/C=C\C/C=C\C/C=C\CC)OC(=O)CCCCCCC/C=C\CCCC)OC(=O)CCCCCCCCC/C=C\C/C=C\C/C=C\CC. The predicted molar refractivity (Wildman–Crippen MR) is 417 cm³/mol. The average Bonchev–Trinajstić information content (AvgIpc) is 0.921. The van der Waals surface area contributed by atoms with Crippen LogP contribution in [0.15, 0.2) is 146 Å². The standard InChI is InChI=1S/C83H138O17P2/c1-5-9-13-17-21-25-29-32-35-37-38-40-42-45-49-52-56-60-64-68-81(86)94-74-79(100-83(88)70-66-62-58-54-50-46-43-39-36-33-30-26-22-18-14-10-6-2)76-98-102(91,92)96-72-77(84)71-95-101(89,90)97-75-78(99-82(87)69-65-61-57-53-47-28-24-20-16-12-8-4)73-93-80(85)67-63-59-55-51-48-44-41-34-31-27-23-19-15-11-7-3/h9-11,13-15,20-27,32-36,38,40-41,45,49,77-79,84H,5-8,12,16-19,28-31,37,39,42-44,46-48,50-76H2,1-4H3,(H,89,90)(H,91,92)/b13-9-,14-10-,15-11-,24-20-,25-21-,26-22-,27-23-,35-32-,36-33-,40-38-,41-34-,49-45-. The molecule has 5 unspecified atom stereocenters. The van der Waals surface area contributed by atoms with Gasteiger partial charge in [0.1, 0.15) is 19.3 Å². The number of phosphoric ester groups is 2. The molecule has 5 atom stereocenters. The fourth-order valence-corrected chi connectivity index (χ4v) is 11.5. The molecule has 0 aliphatic carbocycles. The largest absolute Gasteiger partial charge is 0.472 e. The van der Waals surface area contributed by atoms with E-state index in [4.69, 9.17) is 37.0 Å². The summed E-state index contributed by atoms with van der Waals surface area (Å²) in [5.74, 6) is -2.25. The minimum atomic E-state index is -4.99. The van der Waals surface area contributed by atoms with Crippen molar-refractivity contribution in [2.24, 2.45) is 0 Å². The summed E-state index contributed by atoms with van der Waals surface area (Å²) in [4.78, 5) is 72.9.